The van der Waals surface area contributed by atoms with Crippen LogP contribution in [0.3, 0.4) is 0 Å². The number of hydrogen-bond acceptors (Lipinski definition) is 3. The van der Waals surface area contributed by atoms with Gasteiger partial charge in [-0.15, -0.1) is 0 Å². The summed E-state index contributed by atoms with van der Waals surface area (Å²) in [5.74, 6) is -0.0644. The van der Waals surface area contributed by atoms with Gasteiger partial charge in [0.2, 0.25) is 5.91 Å². The smallest absolute Gasteiger partial charge is 0.222 e. The third-order valence-electron chi connectivity index (χ3n) is 3.62. The standard InChI is InChI=1S/C15H21BrN2O2/c16-12-4-3-5-13(10-12)17-8-9-18-14(19)11-15(20)6-1-2-7-15/h3-5,10,17,20H,1-2,6-9,11H2,(H,18,19). The highest BCUT2D eigenvalue weighted by atomic mass is 79.9. The van der Waals surface area contributed by atoms with Gasteiger partial charge in [-0.05, 0) is 31.0 Å². The third kappa shape index (κ3) is 4.80. The van der Waals surface area contributed by atoms with Crippen LogP contribution in [0.15, 0.2) is 28.7 Å². The van der Waals surface area contributed by atoms with Gasteiger partial charge in [0.15, 0.2) is 0 Å². The summed E-state index contributed by atoms with van der Waals surface area (Å²) in [5, 5.41) is 16.2. The molecule has 0 spiro atoms. The first-order valence-electron chi connectivity index (χ1n) is 7.06. The zero-order chi connectivity index (χ0) is 14.4. The van der Waals surface area contributed by atoms with Crippen molar-refractivity contribution in [3.05, 3.63) is 28.7 Å². The lowest BCUT2D eigenvalue weighted by atomic mass is 9.98. The first-order chi connectivity index (χ1) is 9.57. The van der Waals surface area contributed by atoms with E-state index in [1.54, 1.807) is 0 Å². The van der Waals surface area contributed by atoms with Crippen LogP contribution in [0.4, 0.5) is 5.69 Å². The van der Waals surface area contributed by atoms with E-state index >= 15 is 0 Å². The second-order valence-electron chi connectivity index (χ2n) is 5.40. The molecule has 4 nitrogen and oxygen atoms in total. The molecule has 110 valence electrons. The highest BCUT2D eigenvalue weighted by Gasteiger charge is 2.33. The summed E-state index contributed by atoms with van der Waals surface area (Å²) < 4.78 is 1.02. The van der Waals surface area contributed by atoms with Crippen molar-refractivity contribution < 1.29 is 9.90 Å². The van der Waals surface area contributed by atoms with Gasteiger partial charge in [0.05, 0.1) is 12.0 Å². The van der Waals surface area contributed by atoms with E-state index in [-0.39, 0.29) is 12.3 Å². The second-order valence-corrected chi connectivity index (χ2v) is 6.31. The molecule has 0 aliphatic heterocycles. The zero-order valence-electron chi connectivity index (χ0n) is 11.5. The van der Waals surface area contributed by atoms with Gasteiger partial charge >= 0.3 is 0 Å². The van der Waals surface area contributed by atoms with Crippen LogP contribution in [0.2, 0.25) is 0 Å². The van der Waals surface area contributed by atoms with E-state index in [9.17, 15) is 9.90 Å². The van der Waals surface area contributed by atoms with Crippen LogP contribution in [0.1, 0.15) is 32.1 Å². The molecule has 1 aromatic rings. The van der Waals surface area contributed by atoms with Crippen molar-refractivity contribution in [3.63, 3.8) is 0 Å². The van der Waals surface area contributed by atoms with Gasteiger partial charge < -0.3 is 15.7 Å². The van der Waals surface area contributed by atoms with Crippen LogP contribution < -0.4 is 10.6 Å². The number of amides is 1. The maximum absolute atomic E-state index is 11.8. The van der Waals surface area contributed by atoms with E-state index in [0.29, 0.717) is 13.1 Å². The molecular formula is C15H21BrN2O2. The number of benzene rings is 1. The minimum absolute atomic E-state index is 0.0644. The molecule has 0 atom stereocenters. The lowest BCUT2D eigenvalue weighted by molar-refractivity contribution is -0.125. The summed E-state index contributed by atoms with van der Waals surface area (Å²) in [6.07, 6.45) is 3.76. The van der Waals surface area contributed by atoms with Crippen molar-refractivity contribution in [2.75, 3.05) is 18.4 Å². The second kappa shape index (κ2) is 7.09. The Morgan fingerprint density at radius 1 is 1.30 bits per heavy atom. The van der Waals surface area contributed by atoms with E-state index in [1.807, 2.05) is 24.3 Å². The van der Waals surface area contributed by atoms with Gasteiger partial charge in [0, 0.05) is 23.2 Å². The maximum Gasteiger partial charge on any atom is 0.222 e. The Labute approximate surface area is 128 Å². The Kier molecular flexibility index (Phi) is 5.43. The van der Waals surface area contributed by atoms with E-state index in [2.05, 4.69) is 26.6 Å². The molecular weight excluding hydrogens is 320 g/mol. The molecule has 0 bridgehead atoms. The van der Waals surface area contributed by atoms with Gasteiger partial charge in [-0.1, -0.05) is 34.8 Å². The van der Waals surface area contributed by atoms with Crippen molar-refractivity contribution in [1.82, 2.24) is 5.32 Å². The minimum Gasteiger partial charge on any atom is -0.389 e. The number of aliphatic hydroxyl groups is 1. The quantitative estimate of drug-likeness (QED) is 0.697. The fourth-order valence-corrected chi connectivity index (χ4v) is 2.98. The van der Waals surface area contributed by atoms with Crippen molar-refractivity contribution in [2.45, 2.75) is 37.7 Å². The molecule has 1 saturated carbocycles. The zero-order valence-corrected chi connectivity index (χ0v) is 13.1. The van der Waals surface area contributed by atoms with Crippen LogP contribution in [0.5, 0.6) is 0 Å². The summed E-state index contributed by atoms with van der Waals surface area (Å²) in [5.41, 5.74) is 0.255. The monoisotopic (exact) mass is 340 g/mol. The SMILES string of the molecule is O=C(CC1(O)CCCC1)NCCNc1cccc(Br)c1. The number of halogens is 1. The summed E-state index contributed by atoms with van der Waals surface area (Å²) in [7, 11) is 0. The van der Waals surface area contributed by atoms with Gasteiger partial charge in [-0.25, -0.2) is 0 Å². The Balaban J connectivity index is 1.64. The highest BCUT2D eigenvalue weighted by Crippen LogP contribution is 2.32. The van der Waals surface area contributed by atoms with Crippen LogP contribution in [-0.2, 0) is 4.79 Å². The normalized spacial score (nSPS) is 16.9. The molecule has 1 fully saturated rings. The van der Waals surface area contributed by atoms with Gasteiger partial charge in [-0.3, -0.25) is 4.79 Å². The van der Waals surface area contributed by atoms with Gasteiger partial charge in [-0.2, -0.15) is 0 Å². The third-order valence-corrected chi connectivity index (χ3v) is 4.12. The number of hydrogen-bond donors (Lipinski definition) is 3. The predicted molar refractivity (Wildman–Crippen MR) is 83.7 cm³/mol. The fraction of sp³-hybridized carbons (Fsp3) is 0.533. The van der Waals surface area contributed by atoms with E-state index in [1.165, 1.54) is 0 Å². The Morgan fingerprint density at radius 3 is 2.75 bits per heavy atom. The molecule has 1 aliphatic carbocycles. The number of nitrogens with one attached hydrogen (secondary N) is 2. The topological polar surface area (TPSA) is 61.4 Å². The first-order valence-corrected chi connectivity index (χ1v) is 7.85. The Morgan fingerprint density at radius 2 is 2.05 bits per heavy atom. The average molecular weight is 341 g/mol. The fourth-order valence-electron chi connectivity index (χ4n) is 2.58. The summed E-state index contributed by atoms with van der Waals surface area (Å²) in [6, 6.07) is 7.90. The Hall–Kier alpha value is -1.07. The van der Waals surface area contributed by atoms with Crippen LogP contribution in [0, 0.1) is 0 Å². The molecule has 5 heteroatoms. The number of carbonyl (C=O) groups is 1. The molecule has 0 radical (unpaired) electrons. The average Bonchev–Trinajstić information content (AvgIpc) is 2.81. The highest BCUT2D eigenvalue weighted by molar-refractivity contribution is 9.10. The molecule has 2 rings (SSSR count). The predicted octanol–water partition coefficient (Wildman–Crippen LogP) is 2.67. The molecule has 3 N–H and O–H groups in total. The van der Waals surface area contributed by atoms with E-state index in [0.717, 1.165) is 35.8 Å². The van der Waals surface area contributed by atoms with Crippen molar-refractivity contribution in [1.29, 1.82) is 0 Å². The van der Waals surface area contributed by atoms with Crippen LogP contribution in [-0.4, -0.2) is 29.7 Å². The summed E-state index contributed by atoms with van der Waals surface area (Å²) in [6.45, 7) is 1.22. The summed E-state index contributed by atoms with van der Waals surface area (Å²) in [4.78, 5) is 11.8. The minimum atomic E-state index is -0.762. The van der Waals surface area contributed by atoms with Crippen LogP contribution in [0.25, 0.3) is 0 Å². The van der Waals surface area contributed by atoms with Crippen LogP contribution >= 0.6 is 15.9 Å². The molecule has 1 aromatic carbocycles. The number of carbonyl (C=O) groups excluding carboxylic acids is 1. The lowest BCUT2D eigenvalue weighted by Crippen LogP contribution is -2.36. The van der Waals surface area contributed by atoms with Gasteiger partial charge in [0.1, 0.15) is 0 Å². The van der Waals surface area contributed by atoms with E-state index < -0.39 is 5.60 Å². The Bertz CT molecular complexity index is 459. The van der Waals surface area contributed by atoms with E-state index in [4.69, 9.17) is 0 Å². The van der Waals surface area contributed by atoms with Crippen molar-refractivity contribution in [2.24, 2.45) is 0 Å². The van der Waals surface area contributed by atoms with Crippen molar-refractivity contribution >= 4 is 27.5 Å². The van der Waals surface area contributed by atoms with Gasteiger partial charge in [0.25, 0.3) is 0 Å². The summed E-state index contributed by atoms with van der Waals surface area (Å²) >= 11 is 3.41. The molecule has 1 amide bonds. The molecule has 0 saturated heterocycles. The largest absolute Gasteiger partial charge is 0.389 e. The molecule has 0 unspecified atom stereocenters. The maximum atomic E-state index is 11.8. The molecule has 0 heterocycles. The molecule has 20 heavy (non-hydrogen) atoms. The molecule has 1 aliphatic rings. The first kappa shape index (κ1) is 15.3. The van der Waals surface area contributed by atoms with Crippen molar-refractivity contribution in [3.8, 4) is 0 Å². The molecule has 0 aromatic heterocycles. The number of rotatable bonds is 6. The lowest BCUT2D eigenvalue weighted by Gasteiger charge is -2.21. The number of anilines is 1.